The number of amides is 9. The fraction of sp³-hybridized carbons (Fsp3) is 0.391. The number of anilines is 3. The molecule has 94 heavy (non-hydrogen) atoms. The molecule has 0 saturated heterocycles. The number of hydrogen-bond donors (Lipinski definition) is 9. The van der Waals surface area contributed by atoms with Crippen LogP contribution in [-0.2, 0) is 35.1 Å². The fourth-order valence-corrected chi connectivity index (χ4v) is 13.1. The van der Waals surface area contributed by atoms with Crippen molar-refractivity contribution in [2.75, 3.05) is 80.2 Å². The maximum Gasteiger partial charge on any atom is 0.524 e. The quantitative estimate of drug-likeness (QED) is 0.00986. The molecule has 502 valence electrons. The number of rotatable bonds is 28. The number of alkyl halides is 2. The van der Waals surface area contributed by atoms with Crippen molar-refractivity contribution in [1.82, 2.24) is 25.8 Å². The van der Waals surface area contributed by atoms with Crippen LogP contribution >= 0.6 is 42.4 Å². The van der Waals surface area contributed by atoms with Crippen molar-refractivity contribution in [2.45, 2.75) is 88.9 Å². The lowest BCUT2D eigenvalue weighted by Gasteiger charge is -2.30. The molecule has 2 aliphatic rings. The van der Waals surface area contributed by atoms with Crippen molar-refractivity contribution in [3.63, 3.8) is 0 Å². The highest BCUT2D eigenvalue weighted by molar-refractivity contribution is 7.46. The number of hydrogen-bond acceptors (Lipinski definition) is 16. The van der Waals surface area contributed by atoms with Gasteiger partial charge < -0.3 is 72.1 Å². The third-order valence-electron chi connectivity index (χ3n) is 16.4. The molecule has 5 atom stereocenters. The Kier molecular flexibility index (Phi) is 23.7. The summed E-state index contributed by atoms with van der Waals surface area (Å²) in [7, 11) is -2.02. The molecule has 26 nitrogen and oxygen atoms in total. The molecule has 30 heteroatoms. The van der Waals surface area contributed by atoms with Crippen molar-refractivity contribution in [2.24, 2.45) is 23.1 Å². The molecule has 9 amide bonds. The second kappa shape index (κ2) is 31.2. The van der Waals surface area contributed by atoms with Crippen LogP contribution in [0.15, 0.2) is 97.1 Å². The number of nitrogens with one attached hydrogen (secondary N) is 4. The van der Waals surface area contributed by atoms with Gasteiger partial charge >= 0.3 is 26.0 Å². The van der Waals surface area contributed by atoms with E-state index < -0.39 is 84.9 Å². The molecular formula is C64H76Cl2N11O15PS. The molecule has 3 heterocycles. The van der Waals surface area contributed by atoms with Crippen LogP contribution in [0, 0.1) is 5.92 Å². The zero-order chi connectivity index (χ0) is 68.3. The number of nitrogens with zero attached hydrogens (tertiary/aromatic N) is 4. The Morgan fingerprint density at radius 3 is 1.78 bits per heavy atom. The first-order valence-electron chi connectivity index (χ1n) is 30.3. The summed E-state index contributed by atoms with van der Waals surface area (Å²) >= 11 is 14.0. The second-order valence-corrected chi connectivity index (χ2v) is 26.3. The van der Waals surface area contributed by atoms with Crippen molar-refractivity contribution in [3.05, 3.63) is 124 Å². The highest BCUT2D eigenvalue weighted by Gasteiger charge is 2.42. The SMILES string of the molecule is CC(=O)[C@](N)(CCCCN)C(=O)N[C@H](C(=O)N[C@@H](CCCNC(N)=O)C(=O)Nc1ccc(COC(=O)N(C)CCN(C)C(=O)Oc2cc3c(c4ccccc24)[C@H](CCl)CN3C(=O)c2ccc(C(=O)N3C[C@@H](CCl)c4c3cc(OP(=O)(O)O)c3ccccc43)s2)cc1)C(C)C. The molecule has 2 aliphatic heterocycles. The first-order valence-corrected chi connectivity index (χ1v) is 33.7. The van der Waals surface area contributed by atoms with Crippen LogP contribution in [0.1, 0.15) is 101 Å². The van der Waals surface area contributed by atoms with E-state index in [0.29, 0.717) is 63.6 Å². The number of benzene rings is 5. The second-order valence-electron chi connectivity index (χ2n) is 23.4. The van der Waals surface area contributed by atoms with Crippen LogP contribution in [-0.4, -0.2) is 156 Å². The molecule has 0 radical (unpaired) electrons. The lowest BCUT2D eigenvalue weighted by Crippen LogP contribution is -2.63. The lowest BCUT2D eigenvalue weighted by atomic mass is 9.87. The summed E-state index contributed by atoms with van der Waals surface area (Å²) in [5, 5.41) is 12.8. The number of phosphoric acid groups is 1. The topological polar surface area (TPSA) is 378 Å². The average Bonchev–Trinajstić information content (AvgIpc) is 1.56. The van der Waals surface area contributed by atoms with Gasteiger partial charge in [0.15, 0.2) is 11.3 Å². The smallest absolute Gasteiger partial charge is 0.445 e. The molecule has 0 saturated carbocycles. The highest BCUT2D eigenvalue weighted by Crippen LogP contribution is 2.50. The Bertz CT molecular complexity index is 3910. The largest absolute Gasteiger partial charge is 0.524 e. The van der Waals surface area contributed by atoms with Gasteiger partial charge in [-0.3, -0.25) is 38.6 Å². The summed E-state index contributed by atoms with van der Waals surface area (Å²) in [5.41, 5.74) is 18.4. The van der Waals surface area contributed by atoms with Crippen LogP contribution in [0.3, 0.4) is 0 Å². The number of carbonyl (C=O) groups is 9. The van der Waals surface area contributed by atoms with Gasteiger partial charge in [0.05, 0.1) is 21.1 Å². The molecule has 8 rings (SSSR count). The van der Waals surface area contributed by atoms with Crippen molar-refractivity contribution in [1.29, 1.82) is 0 Å². The predicted molar refractivity (Wildman–Crippen MR) is 358 cm³/mol. The Hall–Kier alpha value is -8.40. The van der Waals surface area contributed by atoms with Gasteiger partial charge in [0.25, 0.3) is 11.8 Å². The van der Waals surface area contributed by atoms with E-state index in [0.717, 1.165) is 22.5 Å². The summed E-state index contributed by atoms with van der Waals surface area (Å²) in [6, 6.07) is 23.5. The van der Waals surface area contributed by atoms with Crippen LogP contribution < -0.4 is 57.5 Å². The highest BCUT2D eigenvalue weighted by atomic mass is 35.5. The Balaban J connectivity index is 0.875. The number of ether oxygens (including phenoxy) is 2. The van der Waals surface area contributed by atoms with Gasteiger partial charge in [0.1, 0.15) is 30.2 Å². The summed E-state index contributed by atoms with van der Waals surface area (Å²) in [4.78, 5) is 147. The van der Waals surface area contributed by atoms with E-state index in [2.05, 4.69) is 21.3 Å². The number of phosphoric ester groups is 1. The van der Waals surface area contributed by atoms with Gasteiger partial charge in [0.2, 0.25) is 17.7 Å². The summed E-state index contributed by atoms with van der Waals surface area (Å²) < 4.78 is 28.8. The molecular weight excluding hydrogens is 1300 g/mol. The Morgan fingerprint density at radius 2 is 1.27 bits per heavy atom. The van der Waals surface area contributed by atoms with Crippen molar-refractivity contribution >= 4 is 135 Å². The van der Waals surface area contributed by atoms with Gasteiger partial charge in [-0.05, 0) is 103 Å². The monoisotopic (exact) mass is 1370 g/mol. The first-order chi connectivity index (χ1) is 44.7. The molecule has 0 fully saturated rings. The van der Waals surface area contributed by atoms with Crippen molar-refractivity contribution in [3.8, 4) is 11.5 Å². The Morgan fingerprint density at radius 1 is 0.734 bits per heavy atom. The van der Waals surface area contributed by atoms with Crippen LogP contribution in [0.4, 0.5) is 31.4 Å². The van der Waals surface area contributed by atoms with E-state index in [1.54, 1.807) is 97.6 Å². The van der Waals surface area contributed by atoms with Crippen LogP contribution in [0.25, 0.3) is 21.5 Å². The minimum Gasteiger partial charge on any atom is -0.445 e. The number of halogens is 2. The zero-order valence-electron chi connectivity index (χ0n) is 52.4. The maximum atomic E-state index is 14.7. The number of thiophene rings is 1. The number of carbonyl (C=O) groups excluding carboxylic acids is 9. The zero-order valence-corrected chi connectivity index (χ0v) is 55.6. The standard InChI is InChI=1S/C64H76Cl2N11O15PS/c1-36(2)55(73-60(83)64(69,37(3)78)24-10-11-25-67)57(80)72-46(17-12-26-70-61(68)84)56(79)71-41-20-18-38(19-21-41)35-90-62(85)74(4)27-28-75(5)63(86)91-49-29-47-53(44-15-8-6-13-42(44)49)39(31-65)33-76(47)58(81)51-22-23-52(94-51)59(82)77-34-40(32-66)54-45-16-9-7-14-43(45)50(30-48(54)77)92-93(87,88)89/h6-9,13-16,18-23,29-30,36,39-40,46,55H,10-12,17,24-28,31-35,67,69H2,1-5H3,(H,71,79)(H,72,80)(H,73,83)(H3,68,70,84)(H2,87,88,89)/t39-,40-,46+,55+,64-/m1/s1. The number of unbranched alkanes of at least 4 members (excludes halogenated alkanes) is 1. The lowest BCUT2D eigenvalue weighted by molar-refractivity contribution is -0.139. The predicted octanol–water partition coefficient (Wildman–Crippen LogP) is 7.62. The molecule has 1 aromatic heterocycles. The van der Waals surface area contributed by atoms with E-state index in [1.165, 1.54) is 41.8 Å². The minimum atomic E-state index is -5.01. The van der Waals surface area contributed by atoms with E-state index in [1.807, 2.05) is 12.1 Å². The molecule has 0 bridgehead atoms. The number of nitrogens with two attached hydrogens (primary N) is 3. The van der Waals surface area contributed by atoms with E-state index in [4.69, 9.17) is 54.4 Å². The van der Waals surface area contributed by atoms with Crippen LogP contribution in [0.5, 0.6) is 11.5 Å². The number of primary amides is 1. The normalized spacial score (nSPS) is 15.5. The minimum absolute atomic E-state index is 0.00823. The van der Waals surface area contributed by atoms with Crippen molar-refractivity contribution < 1.29 is 71.5 Å². The Labute approximate surface area is 556 Å². The fourth-order valence-electron chi connectivity index (χ4n) is 11.3. The van der Waals surface area contributed by atoms with Crippen LogP contribution in [0.2, 0.25) is 0 Å². The van der Waals surface area contributed by atoms with Gasteiger partial charge in [-0.25, -0.2) is 18.9 Å². The summed E-state index contributed by atoms with van der Waals surface area (Å²) in [5.74, 6) is -4.51. The van der Waals surface area contributed by atoms with Gasteiger partial charge in [-0.15, -0.1) is 34.5 Å². The molecule has 0 aliphatic carbocycles. The first kappa shape index (κ1) is 71.4. The third-order valence-corrected chi connectivity index (χ3v) is 18.7. The summed E-state index contributed by atoms with van der Waals surface area (Å²) in [6.45, 7) is 5.16. The molecule has 12 N–H and O–H groups in total. The summed E-state index contributed by atoms with van der Waals surface area (Å²) in [6.07, 6.45) is -0.284. The third kappa shape index (κ3) is 16.7. The van der Waals surface area contributed by atoms with E-state index >= 15 is 0 Å². The number of likely N-dealkylation sites (N-methyl/N-ethyl adjacent to an activating group) is 2. The number of fused-ring (bicyclic) bond motifs is 6. The number of Topliss-reactive ketones (excluding diaryl/α,β-unsaturated/α-hetero) is 1. The van der Waals surface area contributed by atoms with Gasteiger partial charge in [-0.1, -0.05) is 74.5 Å². The molecule has 6 aromatic rings. The molecule has 0 unspecified atom stereocenters. The average molecular weight is 1370 g/mol. The van der Waals surface area contributed by atoms with Gasteiger partial charge in [0, 0.05) is 99.0 Å². The molecule has 0 spiro atoms. The van der Waals surface area contributed by atoms with Gasteiger partial charge in [-0.2, -0.15) is 0 Å². The van der Waals surface area contributed by atoms with E-state index in [-0.39, 0.29) is 103 Å². The van der Waals surface area contributed by atoms with E-state index in [9.17, 15) is 57.5 Å². The number of urea groups is 1. The number of ketones is 1. The maximum absolute atomic E-state index is 14.7. The molecule has 5 aromatic carbocycles.